The zero-order valence-corrected chi connectivity index (χ0v) is 13.6. The lowest BCUT2D eigenvalue weighted by atomic mass is 10.1. The van der Waals surface area contributed by atoms with E-state index in [9.17, 15) is 0 Å². The number of rotatable bonds is 7. The molecule has 0 radical (unpaired) electrons. The van der Waals surface area contributed by atoms with Gasteiger partial charge in [-0.2, -0.15) is 0 Å². The van der Waals surface area contributed by atoms with Crippen molar-refractivity contribution in [3.63, 3.8) is 0 Å². The van der Waals surface area contributed by atoms with E-state index in [1.54, 1.807) is 21.3 Å². The summed E-state index contributed by atoms with van der Waals surface area (Å²) in [5, 5.41) is 3.42. The van der Waals surface area contributed by atoms with Crippen molar-refractivity contribution < 1.29 is 14.2 Å². The first kappa shape index (κ1) is 16.2. The molecule has 4 nitrogen and oxygen atoms in total. The summed E-state index contributed by atoms with van der Waals surface area (Å²) < 4.78 is 16.1. The van der Waals surface area contributed by atoms with Crippen molar-refractivity contribution in [3.8, 4) is 17.2 Å². The van der Waals surface area contributed by atoms with Crippen LogP contribution in [0, 0.1) is 6.92 Å². The van der Waals surface area contributed by atoms with Crippen molar-refractivity contribution in [1.82, 2.24) is 5.32 Å². The standard InChI is InChI=1S/C18H23NO3/c1-13-9-17(21-3)16(18(10-13)22-4)12-19-11-14-5-7-15(20-2)8-6-14/h5-10,19H,11-12H2,1-4H3. The van der Waals surface area contributed by atoms with Crippen molar-refractivity contribution in [2.24, 2.45) is 0 Å². The fourth-order valence-electron chi connectivity index (χ4n) is 2.36. The molecule has 2 rings (SSSR count). The van der Waals surface area contributed by atoms with Gasteiger partial charge in [-0.1, -0.05) is 12.1 Å². The molecule has 0 aromatic heterocycles. The van der Waals surface area contributed by atoms with Crippen LogP contribution in [-0.2, 0) is 13.1 Å². The van der Waals surface area contributed by atoms with Gasteiger partial charge in [0, 0.05) is 18.7 Å². The predicted molar refractivity (Wildman–Crippen MR) is 87.8 cm³/mol. The number of nitrogens with one attached hydrogen (secondary N) is 1. The van der Waals surface area contributed by atoms with Crippen LogP contribution in [-0.4, -0.2) is 21.3 Å². The van der Waals surface area contributed by atoms with E-state index in [2.05, 4.69) is 17.4 Å². The topological polar surface area (TPSA) is 39.7 Å². The average molecular weight is 301 g/mol. The molecule has 22 heavy (non-hydrogen) atoms. The molecule has 0 amide bonds. The molecular weight excluding hydrogens is 278 g/mol. The minimum absolute atomic E-state index is 0.679. The monoisotopic (exact) mass is 301 g/mol. The second-order valence-electron chi connectivity index (χ2n) is 5.10. The summed E-state index contributed by atoms with van der Waals surface area (Å²) in [5.41, 5.74) is 3.35. The minimum Gasteiger partial charge on any atom is -0.497 e. The number of ether oxygens (including phenoxy) is 3. The van der Waals surface area contributed by atoms with Crippen LogP contribution in [0.5, 0.6) is 17.2 Å². The normalized spacial score (nSPS) is 10.4. The number of hydrogen-bond acceptors (Lipinski definition) is 4. The zero-order chi connectivity index (χ0) is 15.9. The smallest absolute Gasteiger partial charge is 0.127 e. The molecule has 2 aromatic carbocycles. The van der Waals surface area contributed by atoms with Gasteiger partial charge in [-0.25, -0.2) is 0 Å². The van der Waals surface area contributed by atoms with Crippen molar-refractivity contribution in [3.05, 3.63) is 53.1 Å². The van der Waals surface area contributed by atoms with Gasteiger partial charge in [-0.15, -0.1) is 0 Å². The second kappa shape index (κ2) is 7.71. The van der Waals surface area contributed by atoms with Gasteiger partial charge >= 0.3 is 0 Å². The molecule has 0 aliphatic rings. The van der Waals surface area contributed by atoms with Crippen LogP contribution in [0.4, 0.5) is 0 Å². The SMILES string of the molecule is COc1ccc(CNCc2c(OC)cc(C)cc2OC)cc1. The highest BCUT2D eigenvalue weighted by atomic mass is 16.5. The zero-order valence-electron chi connectivity index (χ0n) is 13.6. The molecule has 0 saturated heterocycles. The van der Waals surface area contributed by atoms with Crippen molar-refractivity contribution in [2.75, 3.05) is 21.3 Å². The lowest BCUT2D eigenvalue weighted by Crippen LogP contribution is -2.14. The molecule has 4 heteroatoms. The van der Waals surface area contributed by atoms with Gasteiger partial charge in [-0.05, 0) is 42.3 Å². The van der Waals surface area contributed by atoms with Gasteiger partial charge in [0.2, 0.25) is 0 Å². The molecule has 0 heterocycles. The molecule has 0 unspecified atom stereocenters. The molecule has 0 saturated carbocycles. The maximum absolute atomic E-state index is 5.47. The summed E-state index contributed by atoms with van der Waals surface area (Å²) in [4.78, 5) is 0. The Bertz CT molecular complexity index is 583. The van der Waals surface area contributed by atoms with Gasteiger partial charge in [0.25, 0.3) is 0 Å². The largest absolute Gasteiger partial charge is 0.497 e. The Hall–Kier alpha value is -2.20. The quantitative estimate of drug-likeness (QED) is 0.851. The molecular formula is C18H23NO3. The van der Waals surface area contributed by atoms with Gasteiger partial charge in [-0.3, -0.25) is 0 Å². The molecule has 0 bridgehead atoms. The van der Waals surface area contributed by atoms with Crippen molar-refractivity contribution in [2.45, 2.75) is 20.0 Å². The highest BCUT2D eigenvalue weighted by Crippen LogP contribution is 2.30. The number of methoxy groups -OCH3 is 3. The van der Waals surface area contributed by atoms with E-state index in [1.807, 2.05) is 31.2 Å². The third kappa shape index (κ3) is 3.92. The van der Waals surface area contributed by atoms with Gasteiger partial charge in [0.05, 0.1) is 21.3 Å². The maximum atomic E-state index is 5.47. The molecule has 0 aliphatic heterocycles. The Balaban J connectivity index is 2.04. The van der Waals surface area contributed by atoms with Crippen LogP contribution in [0.3, 0.4) is 0 Å². The first-order valence-corrected chi connectivity index (χ1v) is 7.23. The van der Waals surface area contributed by atoms with E-state index in [-0.39, 0.29) is 0 Å². The summed E-state index contributed by atoms with van der Waals surface area (Å²) in [6, 6.07) is 12.1. The van der Waals surface area contributed by atoms with Crippen LogP contribution in [0.2, 0.25) is 0 Å². The van der Waals surface area contributed by atoms with E-state index in [0.717, 1.165) is 34.9 Å². The number of benzene rings is 2. The van der Waals surface area contributed by atoms with E-state index < -0.39 is 0 Å². The Labute approximate surface area is 132 Å². The van der Waals surface area contributed by atoms with E-state index in [4.69, 9.17) is 14.2 Å². The molecule has 0 atom stereocenters. The summed E-state index contributed by atoms with van der Waals surface area (Å²) in [7, 11) is 5.03. The summed E-state index contributed by atoms with van der Waals surface area (Å²) in [6.07, 6.45) is 0. The predicted octanol–water partition coefficient (Wildman–Crippen LogP) is 3.31. The molecule has 118 valence electrons. The highest BCUT2D eigenvalue weighted by Gasteiger charge is 2.11. The number of hydrogen-bond donors (Lipinski definition) is 1. The third-order valence-electron chi connectivity index (χ3n) is 3.54. The third-order valence-corrected chi connectivity index (χ3v) is 3.54. The van der Waals surface area contributed by atoms with Crippen LogP contribution >= 0.6 is 0 Å². The summed E-state index contributed by atoms with van der Waals surface area (Å²) in [6.45, 7) is 3.47. The lowest BCUT2D eigenvalue weighted by molar-refractivity contribution is 0.381. The van der Waals surface area contributed by atoms with Crippen LogP contribution in [0.25, 0.3) is 0 Å². The molecule has 0 spiro atoms. The maximum Gasteiger partial charge on any atom is 0.127 e. The Morgan fingerprint density at radius 1 is 0.818 bits per heavy atom. The second-order valence-corrected chi connectivity index (χ2v) is 5.10. The van der Waals surface area contributed by atoms with Crippen LogP contribution in [0.1, 0.15) is 16.7 Å². The van der Waals surface area contributed by atoms with Crippen LogP contribution in [0.15, 0.2) is 36.4 Å². The Morgan fingerprint density at radius 3 is 1.91 bits per heavy atom. The Kier molecular flexibility index (Phi) is 5.67. The summed E-state index contributed by atoms with van der Waals surface area (Å²) in [5.74, 6) is 2.56. The fraction of sp³-hybridized carbons (Fsp3) is 0.333. The van der Waals surface area contributed by atoms with Crippen LogP contribution < -0.4 is 19.5 Å². The van der Waals surface area contributed by atoms with Gasteiger partial charge < -0.3 is 19.5 Å². The summed E-state index contributed by atoms with van der Waals surface area (Å²) >= 11 is 0. The van der Waals surface area contributed by atoms with E-state index in [1.165, 1.54) is 5.56 Å². The first-order chi connectivity index (χ1) is 10.7. The van der Waals surface area contributed by atoms with Crippen molar-refractivity contribution in [1.29, 1.82) is 0 Å². The van der Waals surface area contributed by atoms with Gasteiger partial charge in [0.15, 0.2) is 0 Å². The van der Waals surface area contributed by atoms with Gasteiger partial charge in [0.1, 0.15) is 17.2 Å². The number of aryl methyl sites for hydroxylation is 1. The molecule has 1 N–H and O–H groups in total. The molecule has 0 aliphatic carbocycles. The molecule has 2 aromatic rings. The first-order valence-electron chi connectivity index (χ1n) is 7.23. The highest BCUT2D eigenvalue weighted by molar-refractivity contribution is 5.47. The lowest BCUT2D eigenvalue weighted by Gasteiger charge is -2.15. The fourth-order valence-corrected chi connectivity index (χ4v) is 2.36. The average Bonchev–Trinajstić information content (AvgIpc) is 2.56. The molecule has 0 fully saturated rings. The Morgan fingerprint density at radius 2 is 1.41 bits per heavy atom. The van der Waals surface area contributed by atoms with Crippen molar-refractivity contribution >= 4 is 0 Å². The minimum atomic E-state index is 0.679. The van der Waals surface area contributed by atoms with E-state index in [0.29, 0.717) is 6.54 Å². The van der Waals surface area contributed by atoms with E-state index >= 15 is 0 Å².